The van der Waals surface area contributed by atoms with Crippen LogP contribution in [0.15, 0.2) is 72.8 Å². The molecule has 0 saturated heterocycles. The van der Waals surface area contributed by atoms with Crippen molar-refractivity contribution in [1.29, 1.82) is 0 Å². The van der Waals surface area contributed by atoms with Crippen LogP contribution in [-0.2, 0) is 27.2 Å². The van der Waals surface area contributed by atoms with E-state index in [1.165, 1.54) is 14.2 Å². The first-order valence-electron chi connectivity index (χ1n) is 12.5. The van der Waals surface area contributed by atoms with Gasteiger partial charge in [0.1, 0.15) is 0 Å². The number of nitrogens with one attached hydrogen (secondary N) is 1. The molecule has 0 spiro atoms. The van der Waals surface area contributed by atoms with Gasteiger partial charge >= 0.3 is 11.9 Å². The maximum Gasteiger partial charge on any atom is 0.334 e. The normalized spacial score (nSPS) is 13.1. The number of aliphatic carboxylic acids is 2. The molecule has 9 heteroatoms. The van der Waals surface area contributed by atoms with E-state index in [-0.39, 0.29) is 19.3 Å². The Morgan fingerprint density at radius 2 is 1.33 bits per heavy atom. The lowest BCUT2D eigenvalue weighted by molar-refractivity contribution is -0.146. The number of carboxylic acid groups (broad SMARTS) is 2. The maximum atomic E-state index is 13.1. The first kappa shape index (κ1) is 29.2. The predicted molar refractivity (Wildman–Crippen MR) is 145 cm³/mol. The summed E-state index contributed by atoms with van der Waals surface area (Å²) in [4.78, 5) is 36.3. The molecule has 3 rings (SSSR count). The fraction of sp³-hybridized carbons (Fsp3) is 0.300. The molecule has 0 aliphatic rings. The van der Waals surface area contributed by atoms with Crippen molar-refractivity contribution in [3.63, 3.8) is 0 Å². The number of amides is 1. The molecular formula is C30H33NO8. The van der Waals surface area contributed by atoms with Crippen molar-refractivity contribution in [2.75, 3.05) is 20.8 Å². The maximum absolute atomic E-state index is 13.1. The highest BCUT2D eigenvalue weighted by molar-refractivity contribution is 5.81. The van der Waals surface area contributed by atoms with Crippen molar-refractivity contribution >= 4 is 17.8 Å². The molecule has 39 heavy (non-hydrogen) atoms. The Hall–Kier alpha value is -4.37. The number of methoxy groups -OCH3 is 2. The second kappa shape index (κ2) is 14.0. The first-order valence-corrected chi connectivity index (χ1v) is 12.5. The Morgan fingerprint density at radius 3 is 1.92 bits per heavy atom. The van der Waals surface area contributed by atoms with Crippen molar-refractivity contribution in [1.82, 2.24) is 5.32 Å². The zero-order valence-electron chi connectivity index (χ0n) is 21.9. The van der Waals surface area contributed by atoms with Gasteiger partial charge in [-0.3, -0.25) is 9.59 Å². The van der Waals surface area contributed by atoms with Crippen molar-refractivity contribution in [2.45, 2.75) is 25.4 Å². The van der Waals surface area contributed by atoms with Gasteiger partial charge in [0, 0.05) is 5.92 Å². The van der Waals surface area contributed by atoms with Gasteiger partial charge in [-0.25, -0.2) is 4.79 Å². The second-order valence-electron chi connectivity index (χ2n) is 9.23. The summed E-state index contributed by atoms with van der Waals surface area (Å²) in [7, 11) is 3.00. The number of carbonyl (C=O) groups is 3. The summed E-state index contributed by atoms with van der Waals surface area (Å²) in [6.07, 6.45) is -1.38. The van der Waals surface area contributed by atoms with E-state index in [2.05, 4.69) is 5.32 Å². The molecular weight excluding hydrogens is 502 g/mol. The number of benzene rings is 3. The predicted octanol–water partition coefficient (Wildman–Crippen LogP) is 3.42. The Morgan fingerprint density at radius 1 is 0.744 bits per heavy atom. The molecule has 0 aromatic heterocycles. The van der Waals surface area contributed by atoms with Gasteiger partial charge in [-0.05, 0) is 53.6 Å². The van der Waals surface area contributed by atoms with Crippen LogP contribution in [0.5, 0.6) is 11.5 Å². The highest BCUT2D eigenvalue weighted by atomic mass is 16.5. The molecule has 0 heterocycles. The molecule has 1 unspecified atom stereocenters. The molecule has 0 aliphatic heterocycles. The largest absolute Gasteiger partial charge is 0.493 e. The van der Waals surface area contributed by atoms with Crippen LogP contribution >= 0.6 is 0 Å². The minimum Gasteiger partial charge on any atom is -0.493 e. The molecule has 0 aliphatic carbocycles. The Balaban J connectivity index is 1.81. The van der Waals surface area contributed by atoms with Gasteiger partial charge in [0.25, 0.3) is 0 Å². The molecule has 0 bridgehead atoms. The summed E-state index contributed by atoms with van der Waals surface area (Å²) in [5.74, 6) is -3.76. The number of hydrogen-bond donors (Lipinski definition) is 4. The van der Waals surface area contributed by atoms with Crippen LogP contribution in [0.2, 0.25) is 0 Å². The molecule has 3 aromatic rings. The zero-order valence-corrected chi connectivity index (χ0v) is 21.9. The summed E-state index contributed by atoms with van der Waals surface area (Å²) >= 11 is 0. The number of hydrogen-bond acceptors (Lipinski definition) is 6. The van der Waals surface area contributed by atoms with Crippen molar-refractivity contribution in [3.8, 4) is 22.6 Å². The highest BCUT2D eigenvalue weighted by Gasteiger charge is 2.29. The summed E-state index contributed by atoms with van der Waals surface area (Å²) in [5, 5.41) is 31.0. The fourth-order valence-corrected chi connectivity index (χ4v) is 4.37. The van der Waals surface area contributed by atoms with Crippen molar-refractivity contribution in [2.24, 2.45) is 11.8 Å². The van der Waals surface area contributed by atoms with E-state index < -0.39 is 42.3 Å². The summed E-state index contributed by atoms with van der Waals surface area (Å²) in [6.45, 7) is -0.481. The van der Waals surface area contributed by atoms with Crippen LogP contribution in [0.1, 0.15) is 17.5 Å². The standard InChI is InChI=1S/C30H33NO8/c1-38-26-13-10-20(16-27(26)39-2)15-24(29(34)35)17-23(28(33)31-18-25(32)30(36)37)14-19-8-11-22(12-9-19)21-6-4-3-5-7-21/h3-13,16,23-25,32H,14-15,17-18H2,1-2H3,(H,31,33)(H,34,35)(H,36,37)/t23-,24-,25?/m0/s1. The van der Waals surface area contributed by atoms with Gasteiger partial charge < -0.3 is 30.1 Å². The average Bonchev–Trinajstić information content (AvgIpc) is 2.95. The Kier molecular flexibility index (Phi) is 10.5. The zero-order chi connectivity index (χ0) is 28.4. The fourth-order valence-electron chi connectivity index (χ4n) is 4.37. The van der Waals surface area contributed by atoms with Crippen LogP contribution in [0.3, 0.4) is 0 Å². The number of aliphatic hydroxyl groups excluding tert-OH is 1. The quantitative estimate of drug-likeness (QED) is 0.246. The summed E-state index contributed by atoms with van der Waals surface area (Å²) in [6, 6.07) is 22.6. The molecule has 9 nitrogen and oxygen atoms in total. The lowest BCUT2D eigenvalue weighted by Gasteiger charge is -2.22. The van der Waals surface area contributed by atoms with E-state index in [9.17, 15) is 24.6 Å². The van der Waals surface area contributed by atoms with Gasteiger partial charge in [0.05, 0.1) is 26.7 Å². The van der Waals surface area contributed by atoms with Crippen molar-refractivity contribution in [3.05, 3.63) is 83.9 Å². The van der Waals surface area contributed by atoms with Crippen LogP contribution in [0.25, 0.3) is 11.1 Å². The molecule has 0 saturated carbocycles. The number of rotatable bonds is 14. The van der Waals surface area contributed by atoms with Gasteiger partial charge in [-0.1, -0.05) is 60.7 Å². The summed E-state index contributed by atoms with van der Waals surface area (Å²) in [5.41, 5.74) is 3.57. The van der Waals surface area contributed by atoms with Crippen molar-refractivity contribution < 1.29 is 39.2 Å². The number of aliphatic hydroxyl groups is 1. The molecule has 1 amide bonds. The lowest BCUT2D eigenvalue weighted by Crippen LogP contribution is -2.41. The molecule has 3 aromatic carbocycles. The minimum absolute atomic E-state index is 0.000878. The number of carboxylic acids is 2. The lowest BCUT2D eigenvalue weighted by atomic mass is 9.85. The van der Waals surface area contributed by atoms with Gasteiger partial charge in [-0.2, -0.15) is 0 Å². The van der Waals surface area contributed by atoms with E-state index in [1.807, 2.05) is 54.6 Å². The molecule has 4 N–H and O–H groups in total. The average molecular weight is 536 g/mol. The van der Waals surface area contributed by atoms with Gasteiger partial charge in [-0.15, -0.1) is 0 Å². The SMILES string of the molecule is COc1ccc(C[C@@H](C[C@H](Cc2ccc(-c3ccccc3)cc2)C(=O)NCC(O)C(=O)O)C(=O)O)cc1OC. The van der Waals surface area contributed by atoms with Crippen LogP contribution in [0.4, 0.5) is 0 Å². The van der Waals surface area contributed by atoms with E-state index in [0.29, 0.717) is 17.1 Å². The monoisotopic (exact) mass is 535 g/mol. The number of ether oxygens (including phenoxy) is 2. The molecule has 206 valence electrons. The molecule has 0 fully saturated rings. The van der Waals surface area contributed by atoms with Crippen LogP contribution < -0.4 is 14.8 Å². The molecule has 3 atom stereocenters. The third-order valence-electron chi connectivity index (χ3n) is 6.52. The third-order valence-corrected chi connectivity index (χ3v) is 6.52. The van der Waals surface area contributed by atoms with Crippen LogP contribution in [0, 0.1) is 11.8 Å². The number of carbonyl (C=O) groups excluding carboxylic acids is 1. The van der Waals surface area contributed by atoms with E-state index in [4.69, 9.17) is 14.6 Å². The Bertz CT molecular complexity index is 1260. The van der Waals surface area contributed by atoms with E-state index >= 15 is 0 Å². The van der Waals surface area contributed by atoms with Gasteiger partial charge in [0.2, 0.25) is 5.91 Å². The smallest absolute Gasteiger partial charge is 0.334 e. The van der Waals surface area contributed by atoms with E-state index in [1.54, 1.807) is 18.2 Å². The topological polar surface area (TPSA) is 142 Å². The Labute approximate surface area is 227 Å². The molecule has 0 radical (unpaired) electrons. The third kappa shape index (κ3) is 8.31. The summed E-state index contributed by atoms with van der Waals surface area (Å²) < 4.78 is 10.6. The van der Waals surface area contributed by atoms with Crippen LogP contribution in [-0.4, -0.2) is 60.0 Å². The first-order chi connectivity index (χ1) is 18.7. The van der Waals surface area contributed by atoms with E-state index in [0.717, 1.165) is 16.7 Å². The second-order valence-corrected chi connectivity index (χ2v) is 9.23. The highest BCUT2D eigenvalue weighted by Crippen LogP contribution is 2.30. The minimum atomic E-state index is -1.76. The van der Waals surface area contributed by atoms with Gasteiger partial charge in [0.15, 0.2) is 17.6 Å².